The van der Waals surface area contributed by atoms with E-state index in [0.717, 1.165) is 25.7 Å². The third-order valence-electron chi connectivity index (χ3n) is 4.33. The van der Waals surface area contributed by atoms with E-state index in [4.69, 9.17) is 9.47 Å². The number of carbonyl (C=O) groups excluding carboxylic acids is 1. The molecule has 1 heterocycles. The first-order valence-corrected chi connectivity index (χ1v) is 7.43. The van der Waals surface area contributed by atoms with Crippen LogP contribution in [0.5, 0.6) is 0 Å². The lowest BCUT2D eigenvalue weighted by molar-refractivity contribution is -0.179. The second-order valence-electron chi connectivity index (χ2n) is 5.82. The maximum absolute atomic E-state index is 13.5. The van der Waals surface area contributed by atoms with Gasteiger partial charge in [-0.05, 0) is 37.5 Å². The summed E-state index contributed by atoms with van der Waals surface area (Å²) in [7, 11) is 0. The van der Waals surface area contributed by atoms with Gasteiger partial charge in [-0.1, -0.05) is 6.07 Å². The Balaban J connectivity index is 1.57. The van der Waals surface area contributed by atoms with E-state index in [2.05, 4.69) is 5.32 Å². The normalized spacial score (nSPS) is 21.6. The van der Waals surface area contributed by atoms with Crippen LogP contribution in [0.1, 0.15) is 41.6 Å². The summed E-state index contributed by atoms with van der Waals surface area (Å²) in [5.74, 6) is -0.988. The molecule has 1 aliphatic heterocycles. The predicted molar refractivity (Wildman–Crippen MR) is 75.5 cm³/mol. The molecule has 1 aromatic carbocycles. The Labute approximate surface area is 123 Å². The first-order chi connectivity index (χ1) is 10.1. The summed E-state index contributed by atoms with van der Waals surface area (Å²) in [6.45, 7) is 2.98. The molecule has 0 bridgehead atoms. The molecule has 0 aromatic heterocycles. The Morgan fingerprint density at radius 3 is 2.57 bits per heavy atom. The molecule has 1 aromatic rings. The van der Waals surface area contributed by atoms with E-state index in [1.54, 1.807) is 19.1 Å². The van der Waals surface area contributed by atoms with Gasteiger partial charge in [0.2, 0.25) is 0 Å². The minimum absolute atomic E-state index is 0.0975. The van der Waals surface area contributed by atoms with Crippen molar-refractivity contribution in [3.8, 4) is 0 Å². The fourth-order valence-electron chi connectivity index (χ4n) is 2.99. The van der Waals surface area contributed by atoms with Crippen LogP contribution >= 0.6 is 0 Å². The second kappa shape index (κ2) is 5.73. The minimum atomic E-state index is -0.419. The van der Waals surface area contributed by atoms with Crippen molar-refractivity contribution in [3.63, 3.8) is 0 Å². The standard InChI is InChI=1S/C16H20FNO3/c1-11-2-3-12(10-14(11)17)15(19)18-13-4-6-16(7-5-13)20-8-9-21-16/h2-3,10,13H,4-9H2,1H3,(H,18,19). The van der Waals surface area contributed by atoms with Gasteiger partial charge in [0.05, 0.1) is 13.2 Å². The van der Waals surface area contributed by atoms with Gasteiger partial charge in [0.1, 0.15) is 5.82 Å². The average Bonchev–Trinajstić information content (AvgIpc) is 2.93. The number of benzene rings is 1. The van der Waals surface area contributed by atoms with E-state index in [0.29, 0.717) is 24.3 Å². The first-order valence-electron chi connectivity index (χ1n) is 7.43. The minimum Gasteiger partial charge on any atom is -0.349 e. The monoisotopic (exact) mass is 293 g/mol. The van der Waals surface area contributed by atoms with Crippen LogP contribution < -0.4 is 5.32 Å². The fraction of sp³-hybridized carbons (Fsp3) is 0.562. The van der Waals surface area contributed by atoms with Crippen LogP contribution in [0.3, 0.4) is 0 Å². The first kappa shape index (κ1) is 14.5. The Hall–Kier alpha value is -1.46. The van der Waals surface area contributed by atoms with Crippen molar-refractivity contribution in [1.82, 2.24) is 5.32 Å². The molecule has 4 nitrogen and oxygen atoms in total. The highest BCUT2D eigenvalue weighted by atomic mass is 19.1. The van der Waals surface area contributed by atoms with E-state index >= 15 is 0 Å². The molecule has 3 rings (SSSR count). The molecule has 114 valence electrons. The Kier molecular flexibility index (Phi) is 3.95. The van der Waals surface area contributed by atoms with Gasteiger partial charge in [-0.25, -0.2) is 4.39 Å². The molecule has 21 heavy (non-hydrogen) atoms. The molecule has 5 heteroatoms. The predicted octanol–water partition coefficient (Wildman–Crippen LogP) is 2.55. The molecule has 1 aliphatic carbocycles. The van der Waals surface area contributed by atoms with Crippen molar-refractivity contribution < 1.29 is 18.7 Å². The summed E-state index contributed by atoms with van der Waals surface area (Å²) >= 11 is 0. The summed E-state index contributed by atoms with van der Waals surface area (Å²) in [5, 5.41) is 2.97. The molecule has 1 spiro atoms. The summed E-state index contributed by atoms with van der Waals surface area (Å²) in [5.41, 5.74) is 0.911. The highest BCUT2D eigenvalue weighted by Crippen LogP contribution is 2.35. The fourth-order valence-corrected chi connectivity index (χ4v) is 2.99. The van der Waals surface area contributed by atoms with E-state index < -0.39 is 5.79 Å². The largest absolute Gasteiger partial charge is 0.349 e. The highest BCUT2D eigenvalue weighted by molar-refractivity contribution is 5.94. The number of carbonyl (C=O) groups is 1. The van der Waals surface area contributed by atoms with Gasteiger partial charge in [0.15, 0.2) is 5.79 Å². The third-order valence-corrected chi connectivity index (χ3v) is 4.33. The number of amides is 1. The third kappa shape index (κ3) is 3.09. The van der Waals surface area contributed by atoms with Gasteiger partial charge in [0.25, 0.3) is 5.91 Å². The van der Waals surface area contributed by atoms with Gasteiger partial charge < -0.3 is 14.8 Å². The van der Waals surface area contributed by atoms with Crippen LogP contribution in [0.2, 0.25) is 0 Å². The summed E-state index contributed by atoms with van der Waals surface area (Å²) in [6.07, 6.45) is 3.22. The molecule has 1 N–H and O–H groups in total. The van der Waals surface area contributed by atoms with E-state index in [9.17, 15) is 9.18 Å². The zero-order valence-electron chi connectivity index (χ0n) is 12.2. The van der Waals surface area contributed by atoms with Crippen molar-refractivity contribution in [1.29, 1.82) is 0 Å². The smallest absolute Gasteiger partial charge is 0.251 e. The SMILES string of the molecule is Cc1ccc(C(=O)NC2CCC3(CC2)OCCO3)cc1F. The van der Waals surface area contributed by atoms with Crippen LogP contribution in [0.15, 0.2) is 18.2 Å². The number of rotatable bonds is 2. The number of aryl methyl sites for hydroxylation is 1. The van der Waals surface area contributed by atoms with Gasteiger partial charge in [-0.3, -0.25) is 4.79 Å². The number of nitrogens with one attached hydrogen (secondary N) is 1. The molecule has 1 saturated carbocycles. The van der Waals surface area contributed by atoms with Gasteiger partial charge in [-0.2, -0.15) is 0 Å². The molecule has 1 amide bonds. The Morgan fingerprint density at radius 1 is 1.29 bits per heavy atom. The molecule has 0 unspecified atom stereocenters. The van der Waals surface area contributed by atoms with Crippen LogP contribution in [0.25, 0.3) is 0 Å². The zero-order valence-corrected chi connectivity index (χ0v) is 12.2. The lowest BCUT2D eigenvalue weighted by Gasteiger charge is -2.35. The number of ether oxygens (including phenoxy) is 2. The van der Waals surface area contributed by atoms with Crippen molar-refractivity contribution >= 4 is 5.91 Å². The molecular formula is C16H20FNO3. The lowest BCUT2D eigenvalue weighted by Crippen LogP contribution is -2.44. The maximum atomic E-state index is 13.5. The van der Waals surface area contributed by atoms with E-state index in [-0.39, 0.29) is 17.8 Å². The van der Waals surface area contributed by atoms with Crippen LogP contribution in [-0.4, -0.2) is 30.9 Å². The van der Waals surface area contributed by atoms with Gasteiger partial charge in [0, 0.05) is 24.4 Å². The van der Waals surface area contributed by atoms with Crippen LogP contribution in [-0.2, 0) is 9.47 Å². The molecule has 0 atom stereocenters. The van der Waals surface area contributed by atoms with Crippen LogP contribution in [0, 0.1) is 12.7 Å². The topological polar surface area (TPSA) is 47.6 Å². The zero-order chi connectivity index (χ0) is 14.9. The van der Waals surface area contributed by atoms with E-state index in [1.807, 2.05) is 0 Å². The Morgan fingerprint density at radius 2 is 1.95 bits per heavy atom. The quantitative estimate of drug-likeness (QED) is 0.911. The second-order valence-corrected chi connectivity index (χ2v) is 5.82. The average molecular weight is 293 g/mol. The van der Waals surface area contributed by atoms with Crippen LogP contribution in [0.4, 0.5) is 4.39 Å². The molecular weight excluding hydrogens is 273 g/mol. The van der Waals surface area contributed by atoms with Crippen molar-refractivity contribution in [2.45, 2.75) is 44.4 Å². The number of hydrogen-bond donors (Lipinski definition) is 1. The summed E-state index contributed by atoms with van der Waals surface area (Å²) in [4.78, 5) is 12.1. The van der Waals surface area contributed by atoms with Crippen molar-refractivity contribution in [2.75, 3.05) is 13.2 Å². The Bertz CT molecular complexity index is 530. The van der Waals surface area contributed by atoms with Gasteiger partial charge in [-0.15, -0.1) is 0 Å². The highest BCUT2D eigenvalue weighted by Gasteiger charge is 2.40. The number of halogens is 1. The summed E-state index contributed by atoms with van der Waals surface area (Å²) < 4.78 is 24.8. The molecule has 2 aliphatic rings. The maximum Gasteiger partial charge on any atom is 0.251 e. The molecule has 1 saturated heterocycles. The molecule has 0 radical (unpaired) electrons. The van der Waals surface area contributed by atoms with E-state index in [1.165, 1.54) is 6.07 Å². The lowest BCUT2D eigenvalue weighted by atomic mass is 9.90. The van der Waals surface area contributed by atoms with Gasteiger partial charge >= 0.3 is 0 Å². The summed E-state index contributed by atoms with van der Waals surface area (Å²) in [6, 6.07) is 4.67. The van der Waals surface area contributed by atoms with Crippen molar-refractivity contribution in [2.24, 2.45) is 0 Å². The number of hydrogen-bond acceptors (Lipinski definition) is 3. The van der Waals surface area contributed by atoms with Crippen molar-refractivity contribution in [3.05, 3.63) is 35.1 Å². The molecule has 2 fully saturated rings.